The van der Waals surface area contributed by atoms with Gasteiger partial charge in [-0.05, 0) is 0 Å². The predicted molar refractivity (Wildman–Crippen MR) is 87.6 cm³/mol. The molecule has 0 atom stereocenters. The van der Waals surface area contributed by atoms with Crippen LogP contribution in [0.1, 0.15) is 5.56 Å². The summed E-state index contributed by atoms with van der Waals surface area (Å²) in [7, 11) is 0. The van der Waals surface area contributed by atoms with Crippen molar-refractivity contribution >= 4 is 28.8 Å². The Morgan fingerprint density at radius 1 is 1.05 bits per heavy atom. The molecule has 2 aromatic rings. The maximum absolute atomic E-state index is 6.23. The number of hydrogen-bond acceptors (Lipinski definition) is 7. The molecule has 0 aromatic carbocycles. The molecule has 1 aliphatic rings. The first-order chi connectivity index (χ1) is 10.6. The quantitative estimate of drug-likeness (QED) is 0.871. The monoisotopic (exact) mass is 319 g/mol. The summed E-state index contributed by atoms with van der Waals surface area (Å²) < 4.78 is 0. The normalized spacial score (nSPS) is 16.0. The van der Waals surface area contributed by atoms with E-state index in [4.69, 9.17) is 23.1 Å². The van der Waals surface area contributed by atoms with E-state index in [1.807, 2.05) is 12.4 Å². The van der Waals surface area contributed by atoms with Crippen LogP contribution in [0.25, 0.3) is 0 Å². The van der Waals surface area contributed by atoms with Crippen LogP contribution in [0, 0.1) is 0 Å². The van der Waals surface area contributed by atoms with Gasteiger partial charge in [0.25, 0.3) is 0 Å². The third kappa shape index (κ3) is 3.05. The van der Waals surface area contributed by atoms with Crippen molar-refractivity contribution in [1.29, 1.82) is 0 Å². The number of pyridine rings is 1. The van der Waals surface area contributed by atoms with Gasteiger partial charge in [-0.3, -0.25) is 4.90 Å². The zero-order chi connectivity index (χ0) is 15.5. The molecule has 8 heteroatoms. The van der Waals surface area contributed by atoms with Crippen LogP contribution in [0.15, 0.2) is 24.9 Å². The zero-order valence-electron chi connectivity index (χ0n) is 12.1. The number of nitrogen functional groups attached to an aromatic ring is 2. The van der Waals surface area contributed by atoms with Crippen molar-refractivity contribution in [3.8, 4) is 0 Å². The van der Waals surface area contributed by atoms with Gasteiger partial charge in [0.05, 0.1) is 22.6 Å². The van der Waals surface area contributed by atoms with Crippen molar-refractivity contribution in [1.82, 2.24) is 19.9 Å². The van der Waals surface area contributed by atoms with Crippen LogP contribution >= 0.6 is 11.6 Å². The summed E-state index contributed by atoms with van der Waals surface area (Å²) in [6.07, 6.45) is 6.78. The van der Waals surface area contributed by atoms with Gasteiger partial charge >= 0.3 is 0 Å². The molecule has 3 rings (SSSR count). The second-order valence-corrected chi connectivity index (χ2v) is 5.67. The van der Waals surface area contributed by atoms with Crippen molar-refractivity contribution in [3.63, 3.8) is 0 Å². The Morgan fingerprint density at radius 3 is 2.41 bits per heavy atom. The van der Waals surface area contributed by atoms with Crippen LogP contribution in [-0.4, -0.2) is 46.0 Å². The molecule has 116 valence electrons. The van der Waals surface area contributed by atoms with E-state index in [0.717, 1.165) is 44.0 Å². The molecule has 2 aromatic heterocycles. The van der Waals surface area contributed by atoms with Crippen LogP contribution in [-0.2, 0) is 6.54 Å². The fourth-order valence-corrected chi connectivity index (χ4v) is 2.90. The number of rotatable bonds is 3. The molecule has 7 nitrogen and oxygen atoms in total. The predicted octanol–water partition coefficient (Wildman–Crippen LogP) is 1.01. The first-order valence-corrected chi connectivity index (χ1v) is 7.43. The number of hydrogen-bond donors (Lipinski definition) is 2. The van der Waals surface area contributed by atoms with E-state index < -0.39 is 0 Å². The minimum atomic E-state index is 0.322. The smallest absolute Gasteiger partial charge is 0.148 e. The topological polar surface area (TPSA) is 97.2 Å². The van der Waals surface area contributed by atoms with Gasteiger partial charge < -0.3 is 16.4 Å². The summed E-state index contributed by atoms with van der Waals surface area (Å²) in [5.74, 6) is 0.322. The molecule has 0 aliphatic carbocycles. The fourth-order valence-electron chi connectivity index (χ4n) is 2.63. The third-order valence-corrected chi connectivity index (χ3v) is 4.06. The molecule has 0 radical (unpaired) electrons. The van der Waals surface area contributed by atoms with Crippen molar-refractivity contribution in [2.45, 2.75) is 6.54 Å². The molecular formula is C14H18ClN7. The molecule has 4 N–H and O–H groups in total. The number of aromatic nitrogens is 3. The third-order valence-electron chi connectivity index (χ3n) is 3.78. The Bertz CT molecular complexity index is 641. The molecule has 1 saturated heterocycles. The number of piperazine rings is 1. The van der Waals surface area contributed by atoms with Gasteiger partial charge in [-0.1, -0.05) is 11.6 Å². The van der Waals surface area contributed by atoms with Crippen LogP contribution in [0.2, 0.25) is 5.02 Å². The zero-order valence-corrected chi connectivity index (χ0v) is 12.9. The van der Waals surface area contributed by atoms with E-state index in [-0.39, 0.29) is 0 Å². The van der Waals surface area contributed by atoms with Crippen LogP contribution in [0.5, 0.6) is 0 Å². The summed E-state index contributed by atoms with van der Waals surface area (Å²) in [4.78, 5) is 16.6. The number of halogens is 1. The van der Waals surface area contributed by atoms with E-state index in [0.29, 0.717) is 16.5 Å². The van der Waals surface area contributed by atoms with Gasteiger partial charge in [-0.2, -0.15) is 0 Å². The Morgan fingerprint density at radius 2 is 1.73 bits per heavy atom. The maximum Gasteiger partial charge on any atom is 0.148 e. The lowest BCUT2D eigenvalue weighted by atomic mass is 10.2. The molecular weight excluding hydrogens is 302 g/mol. The van der Waals surface area contributed by atoms with Crippen molar-refractivity contribution in [3.05, 3.63) is 35.5 Å². The Balaban J connectivity index is 1.66. The molecule has 1 aliphatic heterocycles. The Labute approximate surface area is 133 Å². The molecule has 0 saturated carbocycles. The molecule has 0 unspecified atom stereocenters. The first kappa shape index (κ1) is 14.8. The van der Waals surface area contributed by atoms with Gasteiger partial charge in [0.2, 0.25) is 0 Å². The highest BCUT2D eigenvalue weighted by molar-refractivity contribution is 6.34. The summed E-state index contributed by atoms with van der Waals surface area (Å²) in [5, 5.41) is 0.539. The molecule has 0 spiro atoms. The molecule has 22 heavy (non-hydrogen) atoms. The van der Waals surface area contributed by atoms with Crippen molar-refractivity contribution in [2.75, 3.05) is 42.5 Å². The maximum atomic E-state index is 6.23. The number of nitrogens with zero attached hydrogens (tertiary/aromatic N) is 5. The SMILES string of the molecule is Nc1ncc(Cl)c(N2CCN(Cc3cncnc3)CC2)c1N. The summed E-state index contributed by atoms with van der Waals surface area (Å²) >= 11 is 6.23. The van der Waals surface area contributed by atoms with Crippen molar-refractivity contribution < 1.29 is 0 Å². The second kappa shape index (κ2) is 6.33. The molecule has 1 fully saturated rings. The average Bonchev–Trinajstić information content (AvgIpc) is 2.54. The van der Waals surface area contributed by atoms with E-state index in [1.54, 1.807) is 12.5 Å². The summed E-state index contributed by atoms with van der Waals surface area (Å²) in [6, 6.07) is 0. The highest BCUT2D eigenvalue weighted by Crippen LogP contribution is 2.35. The van der Waals surface area contributed by atoms with Crippen LogP contribution < -0.4 is 16.4 Å². The Kier molecular flexibility index (Phi) is 4.26. The highest BCUT2D eigenvalue weighted by atomic mass is 35.5. The second-order valence-electron chi connectivity index (χ2n) is 5.26. The number of nitrogens with two attached hydrogens (primary N) is 2. The Hall–Kier alpha value is -2.12. The minimum Gasteiger partial charge on any atom is -0.394 e. The van der Waals surface area contributed by atoms with Crippen LogP contribution in [0.4, 0.5) is 17.2 Å². The van der Waals surface area contributed by atoms with Gasteiger partial charge in [0.15, 0.2) is 0 Å². The van der Waals surface area contributed by atoms with Crippen molar-refractivity contribution in [2.24, 2.45) is 0 Å². The van der Waals surface area contributed by atoms with Gasteiger partial charge in [-0.25, -0.2) is 15.0 Å². The fraction of sp³-hybridized carbons (Fsp3) is 0.357. The molecule has 0 amide bonds. The van der Waals surface area contributed by atoms with E-state index in [9.17, 15) is 0 Å². The first-order valence-electron chi connectivity index (χ1n) is 7.06. The minimum absolute atomic E-state index is 0.322. The number of anilines is 3. The van der Waals surface area contributed by atoms with E-state index in [2.05, 4.69) is 24.8 Å². The summed E-state index contributed by atoms with van der Waals surface area (Å²) in [6.45, 7) is 4.33. The largest absolute Gasteiger partial charge is 0.394 e. The lowest BCUT2D eigenvalue weighted by Crippen LogP contribution is -2.46. The lowest BCUT2D eigenvalue weighted by Gasteiger charge is -2.36. The molecule has 3 heterocycles. The van der Waals surface area contributed by atoms with Crippen LogP contribution in [0.3, 0.4) is 0 Å². The van der Waals surface area contributed by atoms with Gasteiger partial charge in [0.1, 0.15) is 12.1 Å². The molecule has 0 bridgehead atoms. The lowest BCUT2D eigenvalue weighted by molar-refractivity contribution is 0.249. The van der Waals surface area contributed by atoms with E-state index >= 15 is 0 Å². The average molecular weight is 320 g/mol. The standard InChI is InChI=1S/C14H18ClN7/c15-11-7-20-14(17)12(16)13(11)22-3-1-21(2-4-22)8-10-5-18-9-19-6-10/h5-7,9H,1-4,8,16H2,(H2,17,20). The highest BCUT2D eigenvalue weighted by Gasteiger charge is 2.22. The van der Waals surface area contributed by atoms with E-state index in [1.165, 1.54) is 0 Å². The summed E-state index contributed by atoms with van der Waals surface area (Å²) in [5.41, 5.74) is 14.2. The van der Waals surface area contributed by atoms with Gasteiger partial charge in [0, 0.05) is 50.7 Å². The van der Waals surface area contributed by atoms with Gasteiger partial charge in [-0.15, -0.1) is 0 Å².